The van der Waals surface area contributed by atoms with Crippen LogP contribution in [0.1, 0.15) is 63.6 Å². The van der Waals surface area contributed by atoms with Crippen LogP contribution in [0.2, 0.25) is 0 Å². The van der Waals surface area contributed by atoms with E-state index in [4.69, 9.17) is 0 Å². The van der Waals surface area contributed by atoms with Gasteiger partial charge in [-0.05, 0) is 91.4 Å². The minimum Gasteiger partial charge on any atom is -0.393 e. The van der Waals surface area contributed by atoms with Crippen molar-refractivity contribution in [1.82, 2.24) is 10.2 Å². The van der Waals surface area contributed by atoms with Crippen LogP contribution in [0.15, 0.2) is 6.20 Å². The lowest BCUT2D eigenvalue weighted by atomic mass is 9.45. The molecule has 3 heteroatoms. The number of aliphatic hydroxyl groups excluding tert-OH is 1. The first-order chi connectivity index (χ1) is 11.0. The second kappa shape index (κ2) is 4.62. The SMILES string of the molecule is C[C@]12CC[C@H]3[C@@H](CCC4Cc5[nH]ncc5C[C@@]43C)[C@@H]1CC[C@@H]2O. The highest BCUT2D eigenvalue weighted by molar-refractivity contribution is 5.25. The van der Waals surface area contributed by atoms with Crippen molar-refractivity contribution in [1.29, 1.82) is 0 Å². The van der Waals surface area contributed by atoms with Crippen LogP contribution in [0.3, 0.4) is 0 Å². The predicted octanol–water partition coefficient (Wildman–Crippen LogP) is 3.73. The van der Waals surface area contributed by atoms with Crippen LogP contribution in [0.5, 0.6) is 0 Å². The van der Waals surface area contributed by atoms with Gasteiger partial charge in [0.25, 0.3) is 0 Å². The third-order valence-corrected chi connectivity index (χ3v) is 8.84. The quantitative estimate of drug-likeness (QED) is 0.766. The molecule has 1 unspecified atom stereocenters. The lowest BCUT2D eigenvalue weighted by Crippen LogP contribution is -2.54. The summed E-state index contributed by atoms with van der Waals surface area (Å²) in [7, 11) is 0. The molecule has 3 saturated carbocycles. The van der Waals surface area contributed by atoms with E-state index in [0.29, 0.717) is 5.41 Å². The van der Waals surface area contributed by atoms with Crippen molar-refractivity contribution in [3.8, 4) is 0 Å². The zero-order valence-corrected chi connectivity index (χ0v) is 14.5. The molecule has 3 nitrogen and oxygen atoms in total. The minimum absolute atomic E-state index is 0.0502. The highest BCUT2D eigenvalue weighted by Gasteiger charge is 2.60. The second-order valence-corrected chi connectivity index (χ2v) is 9.55. The van der Waals surface area contributed by atoms with E-state index < -0.39 is 0 Å². The number of fused-ring (bicyclic) bond motifs is 6. The lowest BCUT2D eigenvalue weighted by molar-refractivity contribution is -0.111. The van der Waals surface area contributed by atoms with Crippen LogP contribution >= 0.6 is 0 Å². The van der Waals surface area contributed by atoms with Crippen molar-refractivity contribution in [2.75, 3.05) is 0 Å². The van der Waals surface area contributed by atoms with E-state index in [2.05, 4.69) is 30.2 Å². The van der Waals surface area contributed by atoms with Gasteiger partial charge in [-0.3, -0.25) is 5.10 Å². The van der Waals surface area contributed by atoms with E-state index in [9.17, 15) is 5.11 Å². The number of nitrogens with zero attached hydrogens (tertiary/aromatic N) is 1. The summed E-state index contributed by atoms with van der Waals surface area (Å²) in [5.41, 5.74) is 3.54. The van der Waals surface area contributed by atoms with Crippen molar-refractivity contribution in [3.05, 3.63) is 17.5 Å². The van der Waals surface area contributed by atoms with E-state index in [1.807, 2.05) is 0 Å². The van der Waals surface area contributed by atoms with Crippen LogP contribution in [0.4, 0.5) is 0 Å². The van der Waals surface area contributed by atoms with Gasteiger partial charge in [-0.1, -0.05) is 13.8 Å². The molecule has 1 aromatic rings. The van der Waals surface area contributed by atoms with Crippen LogP contribution in [0.25, 0.3) is 0 Å². The topological polar surface area (TPSA) is 48.9 Å². The molecule has 0 aliphatic heterocycles. The zero-order chi connectivity index (χ0) is 15.8. The molecule has 4 aliphatic carbocycles. The van der Waals surface area contributed by atoms with Crippen LogP contribution in [-0.2, 0) is 12.8 Å². The Balaban J connectivity index is 1.50. The van der Waals surface area contributed by atoms with Gasteiger partial charge >= 0.3 is 0 Å². The maximum atomic E-state index is 10.6. The summed E-state index contributed by atoms with van der Waals surface area (Å²) in [4.78, 5) is 0. The van der Waals surface area contributed by atoms with Crippen molar-refractivity contribution >= 4 is 0 Å². The Hall–Kier alpha value is -0.830. The van der Waals surface area contributed by atoms with Gasteiger partial charge in [-0.25, -0.2) is 0 Å². The van der Waals surface area contributed by atoms with Gasteiger partial charge < -0.3 is 5.11 Å². The molecule has 0 aromatic carbocycles. The maximum absolute atomic E-state index is 10.6. The van der Waals surface area contributed by atoms with E-state index in [1.54, 1.807) is 0 Å². The van der Waals surface area contributed by atoms with Gasteiger partial charge in [-0.2, -0.15) is 5.10 Å². The second-order valence-electron chi connectivity index (χ2n) is 9.55. The summed E-state index contributed by atoms with van der Waals surface area (Å²) < 4.78 is 0. The molecule has 1 aromatic heterocycles. The Morgan fingerprint density at radius 3 is 2.78 bits per heavy atom. The molecule has 0 radical (unpaired) electrons. The summed E-state index contributed by atoms with van der Waals surface area (Å²) in [5, 5.41) is 18.1. The standard InChI is InChI=1S/C20H30N2O/c1-19-8-7-16-14(15(19)5-6-18(19)23)4-3-13-9-17-12(11-21-22-17)10-20(13,16)2/h11,13-16,18,23H,3-10H2,1-2H3,(H,21,22)/t13?,14-,15-,16-,18-,19-,20-/m0/s1. The molecule has 3 fully saturated rings. The summed E-state index contributed by atoms with van der Waals surface area (Å²) in [6, 6.07) is 0. The average molecular weight is 314 g/mol. The number of rotatable bonds is 0. The molecule has 0 spiro atoms. The number of aliphatic hydroxyl groups is 1. The van der Waals surface area contributed by atoms with Gasteiger partial charge in [0.15, 0.2) is 0 Å². The Morgan fingerprint density at radius 1 is 1.09 bits per heavy atom. The molecule has 0 saturated heterocycles. The smallest absolute Gasteiger partial charge is 0.0596 e. The Labute approximate surface area is 139 Å². The normalized spacial score (nSPS) is 51.5. The molecule has 2 N–H and O–H groups in total. The van der Waals surface area contributed by atoms with Crippen molar-refractivity contribution in [2.24, 2.45) is 34.5 Å². The largest absolute Gasteiger partial charge is 0.393 e. The first kappa shape index (κ1) is 14.5. The Bertz CT molecular complexity index is 625. The van der Waals surface area contributed by atoms with Crippen molar-refractivity contribution in [2.45, 2.75) is 71.3 Å². The van der Waals surface area contributed by atoms with Crippen molar-refractivity contribution in [3.63, 3.8) is 0 Å². The third-order valence-electron chi connectivity index (χ3n) is 8.84. The van der Waals surface area contributed by atoms with E-state index in [-0.39, 0.29) is 11.5 Å². The molecular weight excluding hydrogens is 284 g/mol. The van der Waals surface area contributed by atoms with Crippen LogP contribution in [0, 0.1) is 34.5 Å². The molecule has 1 heterocycles. The monoisotopic (exact) mass is 314 g/mol. The highest BCUT2D eigenvalue weighted by atomic mass is 16.3. The number of nitrogens with one attached hydrogen (secondary N) is 1. The molecule has 0 amide bonds. The van der Waals surface area contributed by atoms with Crippen LogP contribution in [-0.4, -0.2) is 21.4 Å². The molecule has 0 bridgehead atoms. The summed E-state index contributed by atoms with van der Waals surface area (Å²) in [6.07, 6.45) is 12.1. The Kier molecular flexibility index (Phi) is 2.92. The van der Waals surface area contributed by atoms with Crippen molar-refractivity contribution < 1.29 is 5.11 Å². The molecule has 23 heavy (non-hydrogen) atoms. The predicted molar refractivity (Wildman–Crippen MR) is 89.9 cm³/mol. The number of hydrogen-bond acceptors (Lipinski definition) is 2. The summed E-state index contributed by atoms with van der Waals surface area (Å²) in [5.74, 6) is 3.29. The number of aromatic amines is 1. The zero-order valence-electron chi connectivity index (χ0n) is 14.5. The molecular formula is C20H30N2O. The van der Waals surface area contributed by atoms with E-state index in [1.165, 1.54) is 56.2 Å². The summed E-state index contributed by atoms with van der Waals surface area (Å²) >= 11 is 0. The molecule has 4 aliphatic rings. The first-order valence-corrected chi connectivity index (χ1v) is 9.71. The van der Waals surface area contributed by atoms with Crippen LogP contribution < -0.4 is 0 Å². The fourth-order valence-corrected chi connectivity index (χ4v) is 7.44. The molecule has 126 valence electrons. The average Bonchev–Trinajstić information content (AvgIpc) is 3.08. The highest BCUT2D eigenvalue weighted by Crippen LogP contribution is 2.65. The first-order valence-electron chi connectivity index (χ1n) is 9.71. The fraction of sp³-hybridized carbons (Fsp3) is 0.850. The third kappa shape index (κ3) is 1.78. The van der Waals surface area contributed by atoms with Gasteiger partial charge in [0.2, 0.25) is 0 Å². The lowest BCUT2D eigenvalue weighted by Gasteiger charge is -2.60. The maximum Gasteiger partial charge on any atom is 0.0596 e. The number of aromatic nitrogens is 2. The number of H-pyrrole nitrogens is 1. The molecule has 7 atom stereocenters. The number of hydrogen-bond donors (Lipinski definition) is 2. The fourth-order valence-electron chi connectivity index (χ4n) is 7.44. The summed E-state index contributed by atoms with van der Waals surface area (Å²) in [6.45, 7) is 4.97. The van der Waals surface area contributed by atoms with E-state index in [0.717, 1.165) is 30.1 Å². The molecule has 5 rings (SSSR count). The minimum atomic E-state index is -0.0502. The van der Waals surface area contributed by atoms with Gasteiger partial charge in [0.1, 0.15) is 0 Å². The van der Waals surface area contributed by atoms with Gasteiger partial charge in [0.05, 0.1) is 12.3 Å². The Morgan fingerprint density at radius 2 is 1.91 bits per heavy atom. The van der Waals surface area contributed by atoms with Gasteiger partial charge in [0, 0.05) is 5.69 Å². The van der Waals surface area contributed by atoms with Gasteiger partial charge in [-0.15, -0.1) is 0 Å². The van der Waals surface area contributed by atoms with E-state index >= 15 is 0 Å².